The molecular weight excluding hydrogens is 294 g/mol. The number of amidine groups is 1. The second-order valence-electron chi connectivity index (χ2n) is 6.31. The van der Waals surface area contributed by atoms with Crippen LogP contribution >= 0.6 is 0 Å². The Hall–Kier alpha value is -2.43. The van der Waals surface area contributed by atoms with E-state index in [1.165, 1.54) is 0 Å². The van der Waals surface area contributed by atoms with Crippen molar-refractivity contribution in [3.05, 3.63) is 29.8 Å². The van der Waals surface area contributed by atoms with E-state index in [2.05, 4.69) is 10.5 Å². The third-order valence-corrected chi connectivity index (χ3v) is 4.07. The van der Waals surface area contributed by atoms with Gasteiger partial charge < -0.3 is 15.2 Å². The van der Waals surface area contributed by atoms with Crippen molar-refractivity contribution in [1.82, 2.24) is 0 Å². The molecular formula is C16H21N5O2. The van der Waals surface area contributed by atoms with Crippen LogP contribution in [-0.2, 0) is 9.47 Å². The van der Waals surface area contributed by atoms with E-state index in [1.807, 2.05) is 45.9 Å². The highest BCUT2D eigenvalue weighted by Crippen LogP contribution is 2.44. The molecule has 0 radical (unpaired) electrons. The Kier molecular flexibility index (Phi) is 4.41. The zero-order chi connectivity index (χ0) is 17.3. The number of hydrazone groups is 1. The zero-order valence-corrected chi connectivity index (χ0v) is 13.7. The molecule has 2 rings (SSSR count). The smallest absolute Gasteiger partial charge is 0.201 e. The van der Waals surface area contributed by atoms with Gasteiger partial charge in [0.25, 0.3) is 0 Å². The second-order valence-corrected chi connectivity index (χ2v) is 6.31. The highest BCUT2D eigenvalue weighted by Gasteiger charge is 2.49. The SMILES string of the molecule is CC1(C)OC(c2cccc(N/N=C(\C#N)C(=N)N)c2)OC1(C)C. The van der Waals surface area contributed by atoms with Gasteiger partial charge in [-0.1, -0.05) is 12.1 Å². The molecule has 0 unspecified atom stereocenters. The number of hydrogen-bond acceptors (Lipinski definition) is 6. The summed E-state index contributed by atoms with van der Waals surface area (Å²) in [6.07, 6.45) is -0.478. The molecule has 1 fully saturated rings. The van der Waals surface area contributed by atoms with Gasteiger partial charge in [0, 0.05) is 5.56 Å². The molecule has 7 heteroatoms. The van der Waals surface area contributed by atoms with Crippen molar-refractivity contribution in [3.8, 4) is 6.07 Å². The minimum Gasteiger partial charge on any atom is -0.382 e. The fourth-order valence-corrected chi connectivity index (χ4v) is 2.00. The van der Waals surface area contributed by atoms with Gasteiger partial charge in [-0.2, -0.15) is 10.4 Å². The van der Waals surface area contributed by atoms with E-state index < -0.39 is 17.5 Å². The summed E-state index contributed by atoms with van der Waals surface area (Å²) in [4.78, 5) is 0. The fourth-order valence-electron chi connectivity index (χ4n) is 2.00. The monoisotopic (exact) mass is 315 g/mol. The van der Waals surface area contributed by atoms with Crippen LogP contribution in [0.1, 0.15) is 39.5 Å². The van der Waals surface area contributed by atoms with Gasteiger partial charge in [0.05, 0.1) is 16.9 Å². The number of rotatable bonds is 4. The number of benzene rings is 1. The Balaban J connectivity index is 2.19. The molecule has 0 bridgehead atoms. The van der Waals surface area contributed by atoms with Crippen molar-refractivity contribution < 1.29 is 9.47 Å². The summed E-state index contributed by atoms with van der Waals surface area (Å²) in [5.74, 6) is -0.387. The van der Waals surface area contributed by atoms with Crippen LogP contribution in [0.3, 0.4) is 0 Å². The Morgan fingerprint density at radius 3 is 2.43 bits per heavy atom. The predicted octanol–water partition coefficient (Wildman–Crippen LogP) is 2.52. The summed E-state index contributed by atoms with van der Waals surface area (Å²) in [6.45, 7) is 7.97. The van der Waals surface area contributed by atoms with E-state index in [1.54, 1.807) is 12.1 Å². The van der Waals surface area contributed by atoms with E-state index in [9.17, 15) is 0 Å². The quantitative estimate of drug-likeness (QED) is 0.448. The predicted molar refractivity (Wildman–Crippen MR) is 88.1 cm³/mol. The fraction of sp³-hybridized carbons (Fsp3) is 0.438. The van der Waals surface area contributed by atoms with Gasteiger partial charge >= 0.3 is 0 Å². The van der Waals surface area contributed by atoms with Crippen LogP contribution in [0.5, 0.6) is 0 Å². The Bertz CT molecular complexity index is 672. The Labute approximate surface area is 135 Å². The summed E-state index contributed by atoms with van der Waals surface area (Å²) in [6, 6.07) is 9.08. The molecule has 1 aromatic rings. The number of nitrogens with zero attached hydrogens (tertiary/aromatic N) is 2. The summed E-state index contributed by atoms with van der Waals surface area (Å²) in [5.41, 5.74) is 8.44. The molecule has 0 atom stereocenters. The normalized spacial score (nSPS) is 20.0. The summed E-state index contributed by atoms with van der Waals surface area (Å²) in [5, 5.41) is 19.9. The van der Waals surface area contributed by atoms with Crippen LogP contribution in [0.15, 0.2) is 29.4 Å². The van der Waals surface area contributed by atoms with Crippen LogP contribution < -0.4 is 11.2 Å². The van der Waals surface area contributed by atoms with Gasteiger partial charge in [-0.3, -0.25) is 10.8 Å². The highest BCUT2D eigenvalue weighted by molar-refractivity contribution is 6.45. The minimum atomic E-state index is -0.478. The number of nitrogens with two attached hydrogens (primary N) is 1. The molecule has 1 aliphatic heterocycles. The lowest BCUT2D eigenvalue weighted by Gasteiger charge is -2.30. The van der Waals surface area contributed by atoms with Crippen molar-refractivity contribution in [2.45, 2.75) is 45.2 Å². The number of nitriles is 1. The lowest BCUT2D eigenvalue weighted by molar-refractivity contribution is -0.0895. The molecule has 1 saturated heterocycles. The van der Waals surface area contributed by atoms with E-state index in [-0.39, 0.29) is 11.5 Å². The number of nitrogens with one attached hydrogen (secondary N) is 2. The average Bonchev–Trinajstić information content (AvgIpc) is 2.68. The van der Waals surface area contributed by atoms with Gasteiger partial charge in [-0.25, -0.2) is 0 Å². The van der Waals surface area contributed by atoms with Gasteiger partial charge in [0.1, 0.15) is 6.07 Å². The molecule has 1 heterocycles. The molecule has 4 N–H and O–H groups in total. The van der Waals surface area contributed by atoms with Crippen LogP contribution in [0.25, 0.3) is 0 Å². The summed E-state index contributed by atoms with van der Waals surface area (Å²) < 4.78 is 12.0. The highest BCUT2D eigenvalue weighted by atomic mass is 16.7. The molecule has 0 saturated carbocycles. The van der Waals surface area contributed by atoms with E-state index >= 15 is 0 Å². The van der Waals surface area contributed by atoms with Crippen molar-refractivity contribution in [1.29, 1.82) is 10.7 Å². The molecule has 1 aromatic carbocycles. The van der Waals surface area contributed by atoms with Crippen molar-refractivity contribution in [3.63, 3.8) is 0 Å². The summed E-state index contributed by atoms with van der Waals surface area (Å²) >= 11 is 0. The van der Waals surface area contributed by atoms with E-state index in [4.69, 9.17) is 25.9 Å². The lowest BCUT2D eigenvalue weighted by atomic mass is 9.90. The Morgan fingerprint density at radius 1 is 1.30 bits per heavy atom. The van der Waals surface area contributed by atoms with E-state index in [0.717, 1.165) is 5.56 Å². The largest absolute Gasteiger partial charge is 0.382 e. The maximum atomic E-state index is 8.84. The first-order valence-corrected chi connectivity index (χ1v) is 7.20. The molecule has 0 aliphatic carbocycles. The summed E-state index contributed by atoms with van der Waals surface area (Å²) in [7, 11) is 0. The lowest BCUT2D eigenvalue weighted by Crippen LogP contribution is -2.41. The molecule has 1 aliphatic rings. The van der Waals surface area contributed by atoms with Gasteiger partial charge in [0.2, 0.25) is 5.71 Å². The maximum Gasteiger partial charge on any atom is 0.201 e. The average molecular weight is 315 g/mol. The number of anilines is 1. The molecule has 0 spiro atoms. The van der Waals surface area contributed by atoms with Gasteiger partial charge in [-0.15, -0.1) is 0 Å². The van der Waals surface area contributed by atoms with Crippen LogP contribution in [0.4, 0.5) is 5.69 Å². The van der Waals surface area contributed by atoms with Crippen LogP contribution in [0, 0.1) is 16.7 Å². The molecule has 7 nitrogen and oxygen atoms in total. The number of ether oxygens (including phenoxy) is 2. The third-order valence-electron chi connectivity index (χ3n) is 4.07. The molecule has 0 aromatic heterocycles. The van der Waals surface area contributed by atoms with Crippen molar-refractivity contribution in [2.75, 3.05) is 5.43 Å². The van der Waals surface area contributed by atoms with Crippen molar-refractivity contribution >= 4 is 17.2 Å². The molecule has 122 valence electrons. The number of hydrogen-bond donors (Lipinski definition) is 3. The molecule has 23 heavy (non-hydrogen) atoms. The third kappa shape index (κ3) is 3.50. The first-order chi connectivity index (χ1) is 10.7. The van der Waals surface area contributed by atoms with Gasteiger partial charge in [0.15, 0.2) is 12.1 Å². The molecule has 0 amide bonds. The zero-order valence-electron chi connectivity index (χ0n) is 13.7. The van der Waals surface area contributed by atoms with Crippen LogP contribution in [0.2, 0.25) is 0 Å². The Morgan fingerprint density at radius 2 is 1.91 bits per heavy atom. The first-order valence-electron chi connectivity index (χ1n) is 7.20. The maximum absolute atomic E-state index is 8.84. The van der Waals surface area contributed by atoms with E-state index in [0.29, 0.717) is 5.69 Å². The standard InChI is InChI=1S/C16H21N5O2/c1-15(2)16(3,4)23-14(22-15)10-6-5-7-11(8-10)20-21-12(9-17)13(18)19/h5-8,14,20H,1-4H3,(H3,18,19)/b21-12+. The van der Waals surface area contributed by atoms with Crippen molar-refractivity contribution in [2.24, 2.45) is 10.8 Å². The van der Waals surface area contributed by atoms with Gasteiger partial charge in [-0.05, 0) is 39.8 Å². The topological polar surface area (TPSA) is 117 Å². The second kappa shape index (κ2) is 5.99. The first kappa shape index (κ1) is 16.9. The van der Waals surface area contributed by atoms with Crippen LogP contribution in [-0.4, -0.2) is 22.7 Å². The minimum absolute atomic E-state index is 0.175.